The van der Waals surface area contributed by atoms with Crippen molar-refractivity contribution in [2.75, 3.05) is 7.05 Å². The molecule has 0 fully saturated rings. The second kappa shape index (κ2) is 7.09. The van der Waals surface area contributed by atoms with Crippen molar-refractivity contribution in [2.45, 2.75) is 38.6 Å². The van der Waals surface area contributed by atoms with Crippen molar-refractivity contribution >= 4 is 0 Å². The van der Waals surface area contributed by atoms with Crippen LogP contribution < -0.4 is 5.32 Å². The van der Waals surface area contributed by atoms with Gasteiger partial charge >= 0.3 is 0 Å². The highest BCUT2D eigenvalue weighted by Crippen LogP contribution is 2.12. The summed E-state index contributed by atoms with van der Waals surface area (Å²) < 4.78 is 0. The molecule has 0 aromatic heterocycles. The van der Waals surface area contributed by atoms with E-state index in [2.05, 4.69) is 42.4 Å². The van der Waals surface area contributed by atoms with E-state index in [1.807, 2.05) is 7.05 Å². The predicted molar refractivity (Wildman–Crippen MR) is 70.4 cm³/mol. The third-order valence-electron chi connectivity index (χ3n) is 3.01. The molecule has 1 atom stereocenters. The van der Waals surface area contributed by atoms with Gasteiger partial charge in [-0.1, -0.05) is 24.3 Å². The van der Waals surface area contributed by atoms with Gasteiger partial charge in [0.05, 0.1) is 0 Å². The first kappa shape index (κ1) is 12.8. The van der Waals surface area contributed by atoms with Crippen LogP contribution in [0.1, 0.15) is 30.4 Å². The molecule has 0 heterocycles. The molecule has 0 aliphatic rings. The Labute approximate surface area is 99.3 Å². The normalized spacial score (nSPS) is 12.1. The lowest BCUT2D eigenvalue weighted by Crippen LogP contribution is -2.27. The van der Waals surface area contributed by atoms with Crippen LogP contribution in [0, 0.1) is 19.3 Å². The van der Waals surface area contributed by atoms with Crippen LogP contribution in [0.15, 0.2) is 24.3 Å². The fourth-order valence-electron chi connectivity index (χ4n) is 1.90. The minimum atomic E-state index is 0.537. The van der Waals surface area contributed by atoms with Gasteiger partial charge in [-0.3, -0.25) is 0 Å². The van der Waals surface area contributed by atoms with Crippen LogP contribution >= 0.6 is 0 Å². The maximum absolute atomic E-state index is 5.26. The van der Waals surface area contributed by atoms with Gasteiger partial charge in [-0.25, -0.2) is 0 Å². The van der Waals surface area contributed by atoms with Gasteiger partial charge in [-0.15, -0.1) is 12.3 Å². The molecule has 0 saturated heterocycles. The zero-order valence-electron chi connectivity index (χ0n) is 10.3. The highest BCUT2D eigenvalue weighted by Gasteiger charge is 2.07. The lowest BCUT2D eigenvalue weighted by molar-refractivity contribution is 0.505. The number of benzene rings is 1. The van der Waals surface area contributed by atoms with Crippen LogP contribution in [-0.2, 0) is 6.42 Å². The third-order valence-corrected chi connectivity index (χ3v) is 3.01. The first-order chi connectivity index (χ1) is 7.77. The van der Waals surface area contributed by atoms with E-state index in [9.17, 15) is 0 Å². The second-order valence-corrected chi connectivity index (χ2v) is 4.21. The van der Waals surface area contributed by atoms with E-state index in [0.717, 1.165) is 25.7 Å². The van der Waals surface area contributed by atoms with Gasteiger partial charge in [0.15, 0.2) is 0 Å². The molecule has 1 heteroatoms. The third kappa shape index (κ3) is 4.08. The summed E-state index contributed by atoms with van der Waals surface area (Å²) in [6.07, 6.45) is 9.49. The maximum atomic E-state index is 5.26. The summed E-state index contributed by atoms with van der Waals surface area (Å²) >= 11 is 0. The summed E-state index contributed by atoms with van der Waals surface area (Å²) in [5.74, 6) is 2.69. The zero-order valence-corrected chi connectivity index (χ0v) is 10.3. The summed E-state index contributed by atoms with van der Waals surface area (Å²) in [5.41, 5.74) is 2.81. The first-order valence-electron chi connectivity index (χ1n) is 5.93. The Morgan fingerprint density at radius 1 is 1.38 bits per heavy atom. The fourth-order valence-corrected chi connectivity index (χ4v) is 1.90. The summed E-state index contributed by atoms with van der Waals surface area (Å²) in [6, 6.07) is 9.11. The van der Waals surface area contributed by atoms with E-state index >= 15 is 0 Å². The van der Waals surface area contributed by atoms with Gasteiger partial charge in [0, 0.05) is 12.5 Å². The van der Waals surface area contributed by atoms with E-state index in [1.54, 1.807) is 0 Å². The molecule has 1 nitrogen and oxygen atoms in total. The number of likely N-dealkylation sites (N-methyl/N-ethyl adjacent to an activating group) is 1. The second-order valence-electron chi connectivity index (χ2n) is 4.21. The zero-order chi connectivity index (χ0) is 11.8. The van der Waals surface area contributed by atoms with E-state index < -0.39 is 0 Å². The van der Waals surface area contributed by atoms with Crippen LogP contribution in [0.5, 0.6) is 0 Å². The van der Waals surface area contributed by atoms with E-state index in [0.29, 0.717) is 6.04 Å². The molecule has 1 aromatic rings. The largest absolute Gasteiger partial charge is 0.317 e. The lowest BCUT2D eigenvalue weighted by Gasteiger charge is -2.16. The van der Waals surface area contributed by atoms with Gasteiger partial charge in [0.1, 0.15) is 0 Å². The van der Waals surface area contributed by atoms with Gasteiger partial charge in [-0.05, 0) is 44.4 Å². The molecule has 0 amide bonds. The molecule has 1 unspecified atom stereocenters. The molecule has 1 rings (SSSR count). The molecule has 1 aromatic carbocycles. The average molecular weight is 215 g/mol. The van der Waals surface area contributed by atoms with Gasteiger partial charge in [0.2, 0.25) is 0 Å². The highest BCUT2D eigenvalue weighted by molar-refractivity contribution is 5.26. The van der Waals surface area contributed by atoms with Crippen molar-refractivity contribution in [1.29, 1.82) is 0 Å². The van der Waals surface area contributed by atoms with Crippen LogP contribution in [0.3, 0.4) is 0 Å². The topological polar surface area (TPSA) is 12.0 Å². The number of rotatable bonds is 6. The Hall–Kier alpha value is -1.26. The monoisotopic (exact) mass is 215 g/mol. The minimum absolute atomic E-state index is 0.537. The van der Waals surface area contributed by atoms with Gasteiger partial charge in [0.25, 0.3) is 0 Å². The molecule has 0 aliphatic carbocycles. The molecule has 86 valence electrons. The number of terminal acetylenes is 1. The van der Waals surface area contributed by atoms with E-state index in [1.165, 1.54) is 11.1 Å². The van der Waals surface area contributed by atoms with Crippen molar-refractivity contribution in [3.63, 3.8) is 0 Å². The Kier molecular flexibility index (Phi) is 5.67. The van der Waals surface area contributed by atoms with Crippen LogP contribution in [-0.4, -0.2) is 13.1 Å². The summed E-state index contributed by atoms with van der Waals surface area (Å²) in [5, 5.41) is 3.37. The Bertz CT molecular complexity index is 349. The first-order valence-corrected chi connectivity index (χ1v) is 5.93. The summed E-state index contributed by atoms with van der Waals surface area (Å²) in [7, 11) is 2.03. The van der Waals surface area contributed by atoms with Gasteiger partial charge < -0.3 is 5.32 Å². The quantitative estimate of drug-likeness (QED) is 0.568. The smallest absolute Gasteiger partial charge is 0.0105 e. The number of unbranched alkanes of at least 4 members (excludes halogenated alkanes) is 1. The van der Waals surface area contributed by atoms with Crippen molar-refractivity contribution in [3.8, 4) is 12.3 Å². The molecule has 0 bridgehead atoms. The fraction of sp³-hybridized carbons (Fsp3) is 0.467. The molecular weight excluding hydrogens is 194 g/mol. The number of hydrogen-bond acceptors (Lipinski definition) is 1. The molecule has 0 aliphatic heterocycles. The summed E-state index contributed by atoms with van der Waals surface area (Å²) in [6.45, 7) is 2.17. The molecule has 1 N–H and O–H groups in total. The van der Waals surface area contributed by atoms with Crippen molar-refractivity contribution in [3.05, 3.63) is 35.4 Å². The highest BCUT2D eigenvalue weighted by atomic mass is 14.9. The molecule has 0 spiro atoms. The average Bonchev–Trinajstić information content (AvgIpc) is 2.30. The van der Waals surface area contributed by atoms with Crippen LogP contribution in [0.25, 0.3) is 0 Å². The van der Waals surface area contributed by atoms with Crippen LogP contribution in [0.4, 0.5) is 0 Å². The number of hydrogen-bond donors (Lipinski definition) is 1. The van der Waals surface area contributed by atoms with Crippen molar-refractivity contribution < 1.29 is 0 Å². The number of aryl methyl sites for hydroxylation is 1. The summed E-state index contributed by atoms with van der Waals surface area (Å²) in [4.78, 5) is 0. The lowest BCUT2D eigenvalue weighted by atomic mass is 9.98. The van der Waals surface area contributed by atoms with Gasteiger partial charge in [-0.2, -0.15) is 0 Å². The molecule has 0 saturated carbocycles. The van der Waals surface area contributed by atoms with Crippen LogP contribution in [0.2, 0.25) is 0 Å². The standard InChI is InChI=1S/C15H21N/c1-4-5-6-11-15(16-3)12-14-10-8-7-9-13(14)2/h1,7-10,15-16H,5-6,11-12H2,2-3H3. The molecule has 0 radical (unpaired) electrons. The van der Waals surface area contributed by atoms with E-state index in [4.69, 9.17) is 6.42 Å². The Balaban J connectivity index is 2.50. The van der Waals surface area contributed by atoms with E-state index in [-0.39, 0.29) is 0 Å². The Morgan fingerprint density at radius 3 is 2.75 bits per heavy atom. The molecule has 16 heavy (non-hydrogen) atoms. The predicted octanol–water partition coefficient (Wildman–Crippen LogP) is 2.93. The SMILES string of the molecule is C#CCCCC(Cc1ccccc1C)NC. The Morgan fingerprint density at radius 2 is 2.12 bits per heavy atom. The van der Waals surface area contributed by atoms with Crippen molar-refractivity contribution in [1.82, 2.24) is 5.32 Å². The number of nitrogens with one attached hydrogen (secondary N) is 1. The van der Waals surface area contributed by atoms with Crippen molar-refractivity contribution in [2.24, 2.45) is 0 Å². The maximum Gasteiger partial charge on any atom is 0.0105 e. The minimum Gasteiger partial charge on any atom is -0.317 e. The molecular formula is C15H21N.